The Morgan fingerprint density at radius 2 is 2.13 bits per heavy atom. The normalized spacial score (nSPS) is 17.4. The van der Waals surface area contributed by atoms with Gasteiger partial charge in [-0.15, -0.1) is 11.8 Å². The summed E-state index contributed by atoms with van der Waals surface area (Å²) in [6, 6.07) is 7.83. The Morgan fingerprint density at radius 3 is 2.73 bits per heavy atom. The summed E-state index contributed by atoms with van der Waals surface area (Å²) in [5.74, 6) is -1.16. The molecular formula is C12H14O2S. The zero-order valence-corrected chi connectivity index (χ0v) is 9.46. The predicted octanol–water partition coefficient (Wildman–Crippen LogP) is 3.13. The van der Waals surface area contributed by atoms with Gasteiger partial charge < -0.3 is 5.11 Å². The van der Waals surface area contributed by atoms with E-state index in [9.17, 15) is 4.79 Å². The molecule has 1 aromatic rings. The highest BCUT2D eigenvalue weighted by Crippen LogP contribution is 2.41. The van der Waals surface area contributed by atoms with Gasteiger partial charge >= 0.3 is 5.97 Å². The zero-order chi connectivity index (χ0) is 10.8. The van der Waals surface area contributed by atoms with E-state index in [1.165, 1.54) is 12.8 Å². The SMILES string of the molecule is CC(C(=O)O)c1ccccc1SC1CC1. The van der Waals surface area contributed by atoms with Gasteiger partial charge in [0.05, 0.1) is 5.92 Å². The van der Waals surface area contributed by atoms with Crippen LogP contribution in [0, 0.1) is 0 Å². The van der Waals surface area contributed by atoms with Gasteiger partial charge in [-0.25, -0.2) is 0 Å². The third kappa shape index (κ3) is 2.53. The number of hydrogen-bond donors (Lipinski definition) is 1. The molecule has 1 aromatic carbocycles. The first-order valence-electron chi connectivity index (χ1n) is 5.17. The first-order chi connectivity index (χ1) is 7.18. The Bertz CT molecular complexity index is 372. The van der Waals surface area contributed by atoms with Crippen LogP contribution in [0.15, 0.2) is 29.2 Å². The largest absolute Gasteiger partial charge is 0.481 e. The molecule has 2 rings (SSSR count). The molecule has 1 atom stereocenters. The first kappa shape index (κ1) is 10.6. The summed E-state index contributed by atoms with van der Waals surface area (Å²) in [5, 5.41) is 9.72. The molecule has 0 aromatic heterocycles. The minimum Gasteiger partial charge on any atom is -0.481 e. The fourth-order valence-electron chi connectivity index (χ4n) is 1.44. The highest BCUT2D eigenvalue weighted by Gasteiger charge is 2.25. The van der Waals surface area contributed by atoms with Gasteiger partial charge in [0.2, 0.25) is 0 Å². The molecule has 1 fully saturated rings. The standard InChI is InChI=1S/C12H14O2S/c1-8(12(13)14)10-4-2-3-5-11(10)15-9-6-7-9/h2-5,8-9H,6-7H2,1H3,(H,13,14). The van der Waals surface area contributed by atoms with Crippen LogP contribution in [0.25, 0.3) is 0 Å². The Labute approximate surface area is 93.7 Å². The highest BCUT2D eigenvalue weighted by atomic mass is 32.2. The summed E-state index contributed by atoms with van der Waals surface area (Å²) in [6.45, 7) is 1.74. The third-order valence-electron chi connectivity index (χ3n) is 2.57. The molecule has 1 aliphatic carbocycles. The van der Waals surface area contributed by atoms with Crippen LogP contribution in [-0.2, 0) is 4.79 Å². The molecule has 3 heteroatoms. The molecule has 0 bridgehead atoms. The van der Waals surface area contributed by atoms with E-state index in [4.69, 9.17) is 5.11 Å². The minimum absolute atomic E-state index is 0.410. The highest BCUT2D eigenvalue weighted by molar-refractivity contribution is 8.00. The van der Waals surface area contributed by atoms with Gasteiger partial charge in [0.25, 0.3) is 0 Å². The van der Waals surface area contributed by atoms with Crippen LogP contribution in [0.4, 0.5) is 0 Å². The van der Waals surface area contributed by atoms with Crippen molar-refractivity contribution in [3.05, 3.63) is 29.8 Å². The molecule has 1 saturated carbocycles. The molecule has 0 heterocycles. The van der Waals surface area contributed by atoms with Gasteiger partial charge in [-0.1, -0.05) is 18.2 Å². The fraction of sp³-hybridized carbons (Fsp3) is 0.417. The molecule has 0 radical (unpaired) electrons. The van der Waals surface area contributed by atoms with Crippen molar-refractivity contribution in [1.29, 1.82) is 0 Å². The van der Waals surface area contributed by atoms with Gasteiger partial charge in [0, 0.05) is 10.1 Å². The number of hydrogen-bond acceptors (Lipinski definition) is 2. The number of aliphatic carboxylic acids is 1. The summed E-state index contributed by atoms with van der Waals surface area (Å²) >= 11 is 1.82. The van der Waals surface area contributed by atoms with E-state index in [1.807, 2.05) is 36.0 Å². The monoisotopic (exact) mass is 222 g/mol. The van der Waals surface area contributed by atoms with Gasteiger partial charge in [0.15, 0.2) is 0 Å². The molecule has 80 valence electrons. The summed E-state index contributed by atoms with van der Waals surface area (Å²) in [7, 11) is 0. The molecule has 1 aliphatic rings. The van der Waals surface area contributed by atoms with Crippen molar-refractivity contribution in [3.63, 3.8) is 0 Å². The van der Waals surface area contributed by atoms with Crippen molar-refractivity contribution in [3.8, 4) is 0 Å². The van der Waals surface area contributed by atoms with Gasteiger partial charge in [-0.05, 0) is 31.4 Å². The van der Waals surface area contributed by atoms with Gasteiger partial charge in [0.1, 0.15) is 0 Å². The van der Waals surface area contributed by atoms with E-state index in [0.29, 0.717) is 5.25 Å². The Hall–Kier alpha value is -0.960. The lowest BCUT2D eigenvalue weighted by Crippen LogP contribution is -2.08. The number of carboxylic acids is 1. The number of carbonyl (C=O) groups is 1. The smallest absolute Gasteiger partial charge is 0.310 e. The topological polar surface area (TPSA) is 37.3 Å². The average molecular weight is 222 g/mol. The van der Waals surface area contributed by atoms with Gasteiger partial charge in [-0.3, -0.25) is 4.79 Å². The molecule has 0 spiro atoms. The van der Waals surface area contributed by atoms with Crippen LogP contribution in [0.2, 0.25) is 0 Å². The Kier molecular flexibility index (Phi) is 3.00. The third-order valence-corrected chi connectivity index (χ3v) is 4.00. The number of benzene rings is 1. The van der Waals surface area contributed by atoms with Crippen molar-refractivity contribution in [1.82, 2.24) is 0 Å². The van der Waals surface area contributed by atoms with E-state index in [1.54, 1.807) is 6.92 Å². The van der Waals surface area contributed by atoms with Crippen molar-refractivity contribution >= 4 is 17.7 Å². The molecular weight excluding hydrogens is 208 g/mol. The lowest BCUT2D eigenvalue weighted by molar-refractivity contribution is -0.138. The maximum Gasteiger partial charge on any atom is 0.310 e. The van der Waals surface area contributed by atoms with Crippen molar-refractivity contribution < 1.29 is 9.90 Å². The molecule has 2 nitrogen and oxygen atoms in total. The second kappa shape index (κ2) is 4.27. The number of thioether (sulfide) groups is 1. The summed E-state index contributed by atoms with van der Waals surface area (Å²) in [4.78, 5) is 12.1. The molecule has 0 aliphatic heterocycles. The van der Waals surface area contributed by atoms with Crippen LogP contribution < -0.4 is 0 Å². The Balaban J connectivity index is 2.23. The van der Waals surface area contributed by atoms with E-state index >= 15 is 0 Å². The van der Waals surface area contributed by atoms with Crippen LogP contribution in [-0.4, -0.2) is 16.3 Å². The average Bonchev–Trinajstić information content (AvgIpc) is 3.01. The fourth-order valence-corrected chi connectivity index (χ4v) is 2.71. The summed E-state index contributed by atoms with van der Waals surface area (Å²) < 4.78 is 0. The van der Waals surface area contributed by atoms with Crippen LogP contribution in [0.1, 0.15) is 31.2 Å². The molecule has 0 amide bonds. The lowest BCUT2D eigenvalue weighted by atomic mass is 10.0. The first-order valence-corrected chi connectivity index (χ1v) is 6.05. The maximum atomic E-state index is 10.9. The predicted molar refractivity (Wildman–Crippen MR) is 61.4 cm³/mol. The van der Waals surface area contributed by atoms with E-state index in [2.05, 4.69) is 0 Å². The van der Waals surface area contributed by atoms with Gasteiger partial charge in [-0.2, -0.15) is 0 Å². The number of rotatable bonds is 4. The maximum absolute atomic E-state index is 10.9. The molecule has 0 saturated heterocycles. The summed E-state index contributed by atoms with van der Waals surface area (Å²) in [5.41, 5.74) is 0.946. The van der Waals surface area contributed by atoms with Crippen LogP contribution >= 0.6 is 11.8 Å². The second-order valence-electron chi connectivity index (χ2n) is 3.91. The van der Waals surface area contributed by atoms with Crippen LogP contribution in [0.3, 0.4) is 0 Å². The second-order valence-corrected chi connectivity index (χ2v) is 5.26. The van der Waals surface area contributed by atoms with E-state index < -0.39 is 11.9 Å². The van der Waals surface area contributed by atoms with Crippen molar-refractivity contribution in [2.45, 2.75) is 35.8 Å². The van der Waals surface area contributed by atoms with Crippen molar-refractivity contribution in [2.75, 3.05) is 0 Å². The molecule has 1 unspecified atom stereocenters. The summed E-state index contributed by atoms with van der Waals surface area (Å²) in [6.07, 6.45) is 2.53. The molecule has 1 N–H and O–H groups in total. The molecule has 15 heavy (non-hydrogen) atoms. The lowest BCUT2D eigenvalue weighted by Gasteiger charge is -2.11. The number of carboxylic acid groups (broad SMARTS) is 1. The quantitative estimate of drug-likeness (QED) is 0.850. The van der Waals surface area contributed by atoms with Crippen molar-refractivity contribution in [2.24, 2.45) is 0 Å². The minimum atomic E-state index is -0.751. The van der Waals surface area contributed by atoms with E-state index in [-0.39, 0.29) is 0 Å². The van der Waals surface area contributed by atoms with Crippen LogP contribution in [0.5, 0.6) is 0 Å². The zero-order valence-electron chi connectivity index (χ0n) is 8.64. The van der Waals surface area contributed by atoms with E-state index in [0.717, 1.165) is 10.5 Å². The Morgan fingerprint density at radius 1 is 1.47 bits per heavy atom.